The maximum atomic E-state index is 10.2. The molecule has 0 spiro atoms. The highest BCUT2D eigenvalue weighted by molar-refractivity contribution is 5.45. The Morgan fingerprint density at radius 2 is 1.65 bits per heavy atom. The Morgan fingerprint density at radius 3 is 2.30 bits per heavy atom. The topological polar surface area (TPSA) is 32.3 Å². The number of nitrogens with one attached hydrogen (secondary N) is 1. The fourth-order valence-electron chi connectivity index (χ4n) is 2.22. The van der Waals surface area contributed by atoms with Gasteiger partial charge < -0.3 is 10.4 Å². The van der Waals surface area contributed by atoms with Crippen molar-refractivity contribution in [3.05, 3.63) is 65.7 Å². The van der Waals surface area contributed by atoms with Gasteiger partial charge in [-0.25, -0.2) is 0 Å². The van der Waals surface area contributed by atoms with Crippen molar-refractivity contribution in [3.63, 3.8) is 0 Å². The Labute approximate surface area is 121 Å². The zero-order chi connectivity index (χ0) is 14.4. The Balaban J connectivity index is 1.82. The molecule has 0 aromatic heterocycles. The molecule has 0 unspecified atom stereocenters. The first-order valence-electron chi connectivity index (χ1n) is 7.20. The zero-order valence-electron chi connectivity index (χ0n) is 12.2. The lowest BCUT2D eigenvalue weighted by Crippen LogP contribution is -2.31. The molecule has 0 radical (unpaired) electrons. The fraction of sp³-hybridized carbons (Fsp3) is 0.333. The number of anilines is 1. The molecule has 0 heterocycles. The van der Waals surface area contributed by atoms with Gasteiger partial charge in [-0.2, -0.15) is 0 Å². The predicted octanol–water partition coefficient (Wildman–Crippen LogP) is 3.79. The van der Waals surface area contributed by atoms with Crippen molar-refractivity contribution in [1.82, 2.24) is 0 Å². The molecule has 2 aromatic rings. The van der Waals surface area contributed by atoms with Crippen molar-refractivity contribution in [3.8, 4) is 0 Å². The van der Waals surface area contributed by atoms with Crippen LogP contribution in [0, 0.1) is 6.92 Å². The van der Waals surface area contributed by atoms with Crippen LogP contribution in [0.4, 0.5) is 5.69 Å². The molecule has 0 fully saturated rings. The van der Waals surface area contributed by atoms with E-state index in [0.717, 1.165) is 18.5 Å². The molecule has 2 nitrogen and oxygen atoms in total. The summed E-state index contributed by atoms with van der Waals surface area (Å²) in [6.45, 7) is 4.09. The second-order valence-corrected chi connectivity index (χ2v) is 5.39. The summed E-state index contributed by atoms with van der Waals surface area (Å²) < 4.78 is 0. The second-order valence-electron chi connectivity index (χ2n) is 5.39. The van der Waals surface area contributed by atoms with E-state index in [1.165, 1.54) is 11.1 Å². The quantitative estimate of drug-likeness (QED) is 0.836. The largest absolute Gasteiger partial charge is 0.391 e. The molecule has 0 saturated carbocycles. The van der Waals surface area contributed by atoms with Crippen LogP contribution in [0.3, 0.4) is 0 Å². The van der Waals surface area contributed by atoms with Gasteiger partial charge in [-0.1, -0.05) is 48.0 Å². The number of hydrogen-bond acceptors (Lipinski definition) is 2. The van der Waals surface area contributed by atoms with Crippen molar-refractivity contribution < 1.29 is 5.11 Å². The summed E-state index contributed by atoms with van der Waals surface area (Å²) in [5.74, 6) is 0. The van der Waals surface area contributed by atoms with Gasteiger partial charge in [-0.15, -0.1) is 0 Å². The van der Waals surface area contributed by atoms with Crippen LogP contribution in [0.15, 0.2) is 54.6 Å². The Bertz CT molecular complexity index is 507. The van der Waals surface area contributed by atoms with E-state index < -0.39 is 0 Å². The highest BCUT2D eigenvalue weighted by Gasteiger charge is 2.13. The Kier molecular flexibility index (Phi) is 5.19. The average Bonchev–Trinajstić information content (AvgIpc) is 2.48. The summed E-state index contributed by atoms with van der Waals surface area (Å²) in [7, 11) is 0. The molecule has 20 heavy (non-hydrogen) atoms. The third-order valence-electron chi connectivity index (χ3n) is 3.59. The molecule has 106 valence electrons. The van der Waals surface area contributed by atoms with Gasteiger partial charge in [0.2, 0.25) is 0 Å². The van der Waals surface area contributed by atoms with E-state index in [1.54, 1.807) is 0 Å². The van der Waals surface area contributed by atoms with Crippen molar-refractivity contribution in [2.45, 2.75) is 38.8 Å². The second kappa shape index (κ2) is 7.11. The van der Waals surface area contributed by atoms with Crippen molar-refractivity contribution in [2.24, 2.45) is 0 Å². The first-order chi connectivity index (χ1) is 9.65. The zero-order valence-corrected chi connectivity index (χ0v) is 12.2. The first kappa shape index (κ1) is 14.6. The minimum absolute atomic E-state index is 0.0430. The minimum Gasteiger partial charge on any atom is -0.391 e. The van der Waals surface area contributed by atoms with Crippen LogP contribution in [0.1, 0.15) is 24.5 Å². The molecule has 2 heteroatoms. The number of benzene rings is 2. The van der Waals surface area contributed by atoms with Crippen LogP contribution in [-0.2, 0) is 6.42 Å². The summed E-state index contributed by atoms with van der Waals surface area (Å²) >= 11 is 0. The van der Waals surface area contributed by atoms with Crippen LogP contribution in [0.5, 0.6) is 0 Å². The lowest BCUT2D eigenvalue weighted by atomic mass is 10.0. The molecule has 0 bridgehead atoms. The number of rotatable bonds is 6. The maximum Gasteiger partial charge on any atom is 0.0741 e. The third kappa shape index (κ3) is 4.39. The SMILES string of the molecule is Cc1ccc(N[C@H](C)[C@H](O)CCc2ccccc2)cc1. The van der Waals surface area contributed by atoms with Crippen molar-refractivity contribution in [2.75, 3.05) is 5.32 Å². The molecule has 0 amide bonds. The van der Waals surface area contributed by atoms with Gasteiger partial charge in [0, 0.05) is 11.7 Å². The Morgan fingerprint density at radius 1 is 1.00 bits per heavy atom. The number of hydrogen-bond donors (Lipinski definition) is 2. The summed E-state index contributed by atoms with van der Waals surface area (Å²) in [6, 6.07) is 18.6. The van der Waals surface area contributed by atoms with Crippen molar-refractivity contribution in [1.29, 1.82) is 0 Å². The van der Waals surface area contributed by atoms with Gasteiger partial charge in [-0.05, 0) is 44.4 Å². The lowest BCUT2D eigenvalue weighted by molar-refractivity contribution is 0.148. The van der Waals surface area contributed by atoms with Gasteiger partial charge in [0.1, 0.15) is 0 Å². The van der Waals surface area contributed by atoms with Gasteiger partial charge >= 0.3 is 0 Å². The van der Waals surface area contributed by atoms with Gasteiger partial charge in [0.05, 0.1) is 6.10 Å². The normalized spacial score (nSPS) is 13.8. The molecule has 0 aliphatic rings. The van der Waals surface area contributed by atoms with E-state index in [0.29, 0.717) is 0 Å². The van der Waals surface area contributed by atoms with Crippen molar-refractivity contribution >= 4 is 5.69 Å². The molecule has 2 N–H and O–H groups in total. The number of aliphatic hydroxyl groups excluding tert-OH is 1. The highest BCUT2D eigenvalue weighted by Crippen LogP contribution is 2.14. The average molecular weight is 269 g/mol. The smallest absolute Gasteiger partial charge is 0.0741 e. The molecule has 0 aliphatic carbocycles. The predicted molar refractivity (Wildman–Crippen MR) is 85.0 cm³/mol. The molecular weight excluding hydrogens is 246 g/mol. The van der Waals surface area contributed by atoms with E-state index in [9.17, 15) is 5.11 Å². The summed E-state index contributed by atoms with van der Waals surface area (Å²) in [5.41, 5.74) is 3.57. The van der Waals surface area contributed by atoms with E-state index in [-0.39, 0.29) is 12.1 Å². The standard InChI is InChI=1S/C18H23NO/c1-14-8-11-17(12-9-14)19-15(2)18(20)13-10-16-6-4-3-5-7-16/h3-9,11-12,15,18-20H,10,13H2,1-2H3/t15-,18-/m1/s1. The molecule has 0 saturated heterocycles. The molecule has 0 aliphatic heterocycles. The summed E-state index contributed by atoms with van der Waals surface area (Å²) in [4.78, 5) is 0. The van der Waals surface area contributed by atoms with E-state index in [4.69, 9.17) is 0 Å². The highest BCUT2D eigenvalue weighted by atomic mass is 16.3. The maximum absolute atomic E-state index is 10.2. The van der Waals surface area contributed by atoms with Crippen LogP contribution < -0.4 is 5.32 Å². The van der Waals surface area contributed by atoms with E-state index in [2.05, 4.69) is 48.6 Å². The fourth-order valence-corrected chi connectivity index (χ4v) is 2.22. The third-order valence-corrected chi connectivity index (χ3v) is 3.59. The first-order valence-corrected chi connectivity index (χ1v) is 7.20. The van der Waals surface area contributed by atoms with Gasteiger partial charge in [0.15, 0.2) is 0 Å². The van der Waals surface area contributed by atoms with Crippen LogP contribution in [0.25, 0.3) is 0 Å². The van der Waals surface area contributed by atoms with Crippen LogP contribution in [-0.4, -0.2) is 17.3 Å². The van der Waals surface area contributed by atoms with Gasteiger partial charge in [-0.3, -0.25) is 0 Å². The lowest BCUT2D eigenvalue weighted by Gasteiger charge is -2.21. The molecule has 2 rings (SSSR count). The summed E-state index contributed by atoms with van der Waals surface area (Å²) in [6.07, 6.45) is 1.32. The van der Waals surface area contributed by atoms with E-state index in [1.807, 2.05) is 25.1 Å². The van der Waals surface area contributed by atoms with E-state index >= 15 is 0 Å². The van der Waals surface area contributed by atoms with Crippen LogP contribution in [0.2, 0.25) is 0 Å². The number of aliphatic hydroxyl groups is 1. The monoisotopic (exact) mass is 269 g/mol. The van der Waals surface area contributed by atoms with Crippen LogP contribution >= 0.6 is 0 Å². The Hall–Kier alpha value is -1.80. The van der Waals surface area contributed by atoms with Gasteiger partial charge in [0.25, 0.3) is 0 Å². The molecule has 2 aromatic carbocycles. The number of aryl methyl sites for hydroxylation is 2. The minimum atomic E-state index is -0.350. The molecular formula is C18H23NO. The summed E-state index contributed by atoms with van der Waals surface area (Å²) in [5, 5.41) is 13.6. The molecule has 2 atom stereocenters.